The van der Waals surface area contributed by atoms with E-state index < -0.39 is 56.3 Å². The molecule has 2 aliphatic rings. The molecule has 3 rings (SSSR count). The minimum Gasteiger partial charge on any atom is -0.480 e. The summed E-state index contributed by atoms with van der Waals surface area (Å²) < 4.78 is 38.3. The number of hydrogen-bond donors (Lipinski definition) is 2. The van der Waals surface area contributed by atoms with Crippen molar-refractivity contribution in [2.24, 2.45) is 7.05 Å². The molecular weight excluding hydrogens is 457 g/mol. The normalized spacial score (nSPS) is 26.6. The second-order valence-corrected chi connectivity index (χ2v) is 9.25. The molecule has 0 bridgehead atoms. The van der Waals surface area contributed by atoms with Crippen LogP contribution in [0.25, 0.3) is 0 Å². The van der Waals surface area contributed by atoms with Gasteiger partial charge >= 0.3 is 12.1 Å². The van der Waals surface area contributed by atoms with Crippen molar-refractivity contribution in [2.75, 3.05) is 0 Å². The van der Waals surface area contributed by atoms with E-state index in [4.69, 9.17) is 0 Å². The summed E-state index contributed by atoms with van der Waals surface area (Å²) in [5.74, 6) is -2.66. The fourth-order valence-electron chi connectivity index (χ4n) is 3.28. The van der Waals surface area contributed by atoms with Gasteiger partial charge in [0.15, 0.2) is 5.69 Å². The predicted molar refractivity (Wildman–Crippen MR) is 90.9 cm³/mol. The van der Waals surface area contributed by atoms with Crippen LogP contribution in [0.5, 0.6) is 0 Å². The molecule has 2 N–H and O–H groups in total. The predicted octanol–water partition coefficient (Wildman–Crippen LogP) is 1.45. The van der Waals surface area contributed by atoms with E-state index in [1.165, 1.54) is 23.7 Å². The second-order valence-electron chi connectivity index (χ2n) is 6.68. The van der Waals surface area contributed by atoms with Gasteiger partial charge in [-0.05, 0) is 29.8 Å². The van der Waals surface area contributed by atoms with Crippen LogP contribution in [0.2, 0.25) is 0 Å². The number of fused-ring (bicyclic) bond motifs is 1. The first kappa shape index (κ1) is 20.0. The lowest BCUT2D eigenvalue weighted by Crippen LogP contribution is -2.70. The number of nitrogens with zero attached hydrogens (tertiary/aromatic N) is 3. The van der Waals surface area contributed by atoms with Crippen molar-refractivity contribution in [2.45, 2.75) is 42.2 Å². The maximum absolute atomic E-state index is 12.9. The number of nitrogens with one attached hydrogen (secondary N) is 1. The molecule has 0 saturated carbocycles. The molecule has 27 heavy (non-hydrogen) atoms. The Morgan fingerprint density at radius 3 is 2.44 bits per heavy atom. The third kappa shape index (κ3) is 3.00. The quantitative estimate of drug-likeness (QED) is 0.647. The number of β-lactam (4-membered cyclic amide) rings is 1. The SMILES string of the molecule is Cn1nc(C(F)(F)F)c(Br)c1C(=O)N[C@@H]1C(=O)N2[C@@H](C(=O)O)C(C)(C)S[C@@H]12. The minimum atomic E-state index is -4.75. The lowest BCUT2D eigenvalue weighted by molar-refractivity contribution is -0.159. The van der Waals surface area contributed by atoms with E-state index in [1.807, 2.05) is 0 Å². The van der Waals surface area contributed by atoms with Crippen LogP contribution in [-0.4, -0.2) is 59.8 Å². The first-order chi connectivity index (χ1) is 12.3. The number of carbonyl (C=O) groups is 3. The minimum absolute atomic E-state index is 0.384. The van der Waals surface area contributed by atoms with Gasteiger partial charge in [-0.3, -0.25) is 14.3 Å². The van der Waals surface area contributed by atoms with E-state index >= 15 is 0 Å². The third-order valence-electron chi connectivity index (χ3n) is 4.43. The van der Waals surface area contributed by atoms with Crippen molar-refractivity contribution < 1.29 is 32.7 Å². The van der Waals surface area contributed by atoms with Crippen LogP contribution in [0.4, 0.5) is 13.2 Å². The van der Waals surface area contributed by atoms with E-state index in [-0.39, 0.29) is 5.69 Å². The monoisotopic (exact) mass is 470 g/mol. The van der Waals surface area contributed by atoms with Crippen molar-refractivity contribution >= 4 is 45.5 Å². The summed E-state index contributed by atoms with van der Waals surface area (Å²) in [6.07, 6.45) is -4.75. The Morgan fingerprint density at radius 1 is 1.37 bits per heavy atom. The molecule has 0 aliphatic carbocycles. The van der Waals surface area contributed by atoms with Crippen LogP contribution in [0, 0.1) is 0 Å². The highest BCUT2D eigenvalue weighted by Gasteiger charge is 2.64. The van der Waals surface area contributed by atoms with Crippen LogP contribution < -0.4 is 5.32 Å². The van der Waals surface area contributed by atoms with Gasteiger partial charge in [0.1, 0.15) is 23.2 Å². The van der Waals surface area contributed by atoms with Gasteiger partial charge in [0.25, 0.3) is 5.91 Å². The molecule has 13 heteroatoms. The van der Waals surface area contributed by atoms with Crippen molar-refractivity contribution in [1.82, 2.24) is 20.0 Å². The number of halogens is 4. The van der Waals surface area contributed by atoms with Crippen LogP contribution in [0.15, 0.2) is 4.47 Å². The molecule has 2 aliphatic heterocycles. The van der Waals surface area contributed by atoms with E-state index in [1.54, 1.807) is 13.8 Å². The number of alkyl halides is 3. The topological polar surface area (TPSA) is 105 Å². The summed E-state index contributed by atoms with van der Waals surface area (Å²) in [5, 5.41) is 14.5. The fourth-order valence-corrected chi connectivity index (χ4v) is 5.65. The van der Waals surface area contributed by atoms with E-state index in [9.17, 15) is 32.7 Å². The Labute approximate surface area is 163 Å². The molecule has 1 aromatic rings. The zero-order valence-electron chi connectivity index (χ0n) is 14.2. The molecule has 0 unspecified atom stereocenters. The van der Waals surface area contributed by atoms with Gasteiger partial charge < -0.3 is 15.3 Å². The molecule has 0 radical (unpaired) electrons. The van der Waals surface area contributed by atoms with Gasteiger partial charge in [0.05, 0.1) is 4.47 Å². The molecule has 2 fully saturated rings. The summed E-state index contributed by atoms with van der Waals surface area (Å²) >= 11 is 3.96. The Balaban J connectivity index is 1.83. The van der Waals surface area contributed by atoms with E-state index in [2.05, 4.69) is 26.3 Å². The molecule has 2 amide bonds. The molecule has 0 aromatic carbocycles. The van der Waals surface area contributed by atoms with Crippen molar-refractivity contribution in [3.8, 4) is 0 Å². The third-order valence-corrected chi connectivity index (χ3v) is 6.76. The lowest BCUT2D eigenvalue weighted by Gasteiger charge is -2.43. The highest BCUT2D eigenvalue weighted by molar-refractivity contribution is 9.10. The summed E-state index contributed by atoms with van der Waals surface area (Å²) in [4.78, 5) is 37.5. The number of amides is 2. The Morgan fingerprint density at radius 2 is 1.96 bits per heavy atom. The zero-order chi connectivity index (χ0) is 20.5. The molecule has 2 saturated heterocycles. The number of carboxylic acids is 1. The van der Waals surface area contributed by atoms with Crippen molar-refractivity contribution in [3.05, 3.63) is 15.9 Å². The maximum atomic E-state index is 12.9. The van der Waals surface area contributed by atoms with Gasteiger partial charge in [-0.1, -0.05) is 0 Å². The summed E-state index contributed by atoms with van der Waals surface area (Å²) in [6.45, 7) is 3.35. The van der Waals surface area contributed by atoms with Gasteiger partial charge in [-0.15, -0.1) is 11.8 Å². The first-order valence-corrected chi connectivity index (χ1v) is 9.28. The lowest BCUT2D eigenvalue weighted by atomic mass is 9.96. The van der Waals surface area contributed by atoms with Crippen LogP contribution in [0.3, 0.4) is 0 Å². The Kier molecular flexibility index (Phi) is 4.53. The average Bonchev–Trinajstić information content (AvgIpc) is 2.95. The molecule has 8 nitrogen and oxygen atoms in total. The van der Waals surface area contributed by atoms with E-state index in [0.717, 1.165) is 4.68 Å². The maximum Gasteiger partial charge on any atom is 0.436 e. The van der Waals surface area contributed by atoms with Gasteiger partial charge in [0, 0.05) is 11.8 Å². The fraction of sp³-hybridized carbons (Fsp3) is 0.571. The molecule has 3 heterocycles. The van der Waals surface area contributed by atoms with Gasteiger partial charge in [-0.2, -0.15) is 18.3 Å². The van der Waals surface area contributed by atoms with Crippen molar-refractivity contribution in [1.29, 1.82) is 0 Å². The smallest absolute Gasteiger partial charge is 0.436 e. The number of thioether (sulfide) groups is 1. The summed E-state index contributed by atoms with van der Waals surface area (Å²) in [6, 6.07) is -2.07. The summed E-state index contributed by atoms with van der Waals surface area (Å²) in [7, 11) is 1.18. The van der Waals surface area contributed by atoms with E-state index in [0.29, 0.717) is 0 Å². The highest BCUT2D eigenvalue weighted by Crippen LogP contribution is 2.50. The average molecular weight is 471 g/mol. The standard InChI is InChI=1S/C14H14BrF3N4O4S/c1-13(2)8(12(25)26)22-10(24)5(11(22)27-13)19-9(23)6-4(15)7(14(16,17)18)20-21(6)3/h5,8,11H,1-3H3,(H,19,23)(H,25,26)/t5-,8+,11+/m1/s1. The Bertz CT molecular complexity index is 856. The highest BCUT2D eigenvalue weighted by atomic mass is 79.9. The molecule has 0 spiro atoms. The van der Waals surface area contributed by atoms with Crippen LogP contribution >= 0.6 is 27.7 Å². The zero-order valence-corrected chi connectivity index (χ0v) is 16.6. The number of aromatic nitrogens is 2. The number of carboxylic acid groups (broad SMARTS) is 1. The summed E-state index contributed by atoms with van der Waals surface area (Å²) in [5.41, 5.74) is -1.63. The van der Waals surface area contributed by atoms with Crippen LogP contribution in [-0.2, 0) is 22.8 Å². The number of hydrogen-bond acceptors (Lipinski definition) is 5. The van der Waals surface area contributed by atoms with Gasteiger partial charge in [0.2, 0.25) is 5.91 Å². The van der Waals surface area contributed by atoms with Crippen LogP contribution in [0.1, 0.15) is 30.0 Å². The Hall–Kier alpha value is -1.76. The number of aryl methyl sites for hydroxylation is 1. The number of rotatable bonds is 3. The molecular formula is C14H14BrF3N4O4S. The first-order valence-electron chi connectivity index (χ1n) is 7.60. The number of carbonyl (C=O) groups excluding carboxylic acids is 2. The van der Waals surface area contributed by atoms with Crippen molar-refractivity contribution in [3.63, 3.8) is 0 Å². The number of aliphatic carboxylic acids is 1. The molecule has 148 valence electrons. The largest absolute Gasteiger partial charge is 0.480 e. The molecule has 1 aromatic heterocycles. The van der Waals surface area contributed by atoms with Gasteiger partial charge in [-0.25, -0.2) is 4.79 Å². The molecule has 3 atom stereocenters. The second kappa shape index (κ2) is 6.12.